The second kappa shape index (κ2) is 18.7. The van der Waals surface area contributed by atoms with Gasteiger partial charge in [-0.1, -0.05) is 51.4 Å². The summed E-state index contributed by atoms with van der Waals surface area (Å²) in [6.45, 7) is 2.48. The van der Waals surface area contributed by atoms with E-state index in [9.17, 15) is 5.11 Å². The highest BCUT2D eigenvalue weighted by Gasteiger charge is 2.06. The highest BCUT2D eigenvalue weighted by atomic mass is 16.5. The van der Waals surface area contributed by atoms with Crippen molar-refractivity contribution < 1.29 is 24.4 Å². The molecule has 0 spiro atoms. The summed E-state index contributed by atoms with van der Waals surface area (Å²) in [5.74, 6) is 1.54. The number of rotatable bonds is 20. The Morgan fingerprint density at radius 1 is 0.655 bits per heavy atom. The molecule has 168 valence electrons. The van der Waals surface area contributed by atoms with Crippen LogP contribution in [0.25, 0.3) is 0 Å². The first-order valence-electron chi connectivity index (χ1n) is 11.4. The van der Waals surface area contributed by atoms with Crippen LogP contribution in [-0.4, -0.2) is 43.8 Å². The Balaban J connectivity index is 2.15. The molecule has 0 aromatic heterocycles. The number of aliphatic hydroxyl groups excluding tert-OH is 2. The summed E-state index contributed by atoms with van der Waals surface area (Å²) >= 11 is 0. The summed E-state index contributed by atoms with van der Waals surface area (Å²) in [5, 5.41) is 18.4. The van der Waals surface area contributed by atoms with Crippen molar-refractivity contribution in [1.82, 2.24) is 0 Å². The number of aliphatic hydroxyl groups is 2. The third kappa shape index (κ3) is 13.5. The van der Waals surface area contributed by atoms with Crippen LogP contribution in [0.3, 0.4) is 0 Å². The summed E-state index contributed by atoms with van der Waals surface area (Å²) in [4.78, 5) is 0. The maximum absolute atomic E-state index is 9.63. The third-order valence-corrected chi connectivity index (χ3v) is 5.02. The zero-order valence-electron chi connectivity index (χ0n) is 18.4. The first kappa shape index (κ1) is 25.7. The highest BCUT2D eigenvalue weighted by Crippen LogP contribution is 2.25. The van der Waals surface area contributed by atoms with Crippen molar-refractivity contribution >= 4 is 0 Å². The molecule has 1 aromatic carbocycles. The van der Waals surface area contributed by atoms with Gasteiger partial charge in [0.25, 0.3) is 0 Å². The molecule has 5 heteroatoms. The molecule has 0 fully saturated rings. The van der Waals surface area contributed by atoms with E-state index >= 15 is 0 Å². The maximum Gasteiger partial charge on any atom is 0.125 e. The van der Waals surface area contributed by atoms with Crippen molar-refractivity contribution in [3.63, 3.8) is 0 Å². The van der Waals surface area contributed by atoms with Crippen LogP contribution in [0.1, 0.15) is 82.6 Å². The van der Waals surface area contributed by atoms with Gasteiger partial charge in [-0.25, -0.2) is 0 Å². The van der Waals surface area contributed by atoms with E-state index in [1.54, 1.807) is 7.11 Å². The van der Waals surface area contributed by atoms with Crippen molar-refractivity contribution in [3.8, 4) is 11.5 Å². The van der Waals surface area contributed by atoms with Gasteiger partial charge < -0.3 is 24.4 Å². The number of ether oxygens (including phenoxy) is 3. The molecule has 0 aliphatic heterocycles. The molecule has 0 atom stereocenters. The lowest BCUT2D eigenvalue weighted by Gasteiger charge is -2.13. The number of hydrogen-bond donors (Lipinski definition) is 2. The zero-order valence-corrected chi connectivity index (χ0v) is 18.4. The lowest BCUT2D eigenvalue weighted by atomic mass is 10.1. The molecule has 1 aromatic rings. The molecule has 0 aliphatic carbocycles. The molecule has 5 nitrogen and oxygen atoms in total. The average molecular weight is 411 g/mol. The Labute approximate surface area is 177 Å². The van der Waals surface area contributed by atoms with Crippen LogP contribution in [0.4, 0.5) is 0 Å². The SMILES string of the molecule is COCCCCCCCCOc1ccc(OCCCCCCCCO)c(CO)c1. The Bertz CT molecular complexity index is 492. The predicted octanol–water partition coefficient (Wildman–Crippen LogP) is 5.26. The minimum Gasteiger partial charge on any atom is -0.494 e. The standard InChI is InChI=1S/C24H42O5/c1-27-17-11-7-4-5-8-12-18-28-23-14-15-24(22(20-23)21-26)29-19-13-9-3-2-6-10-16-25/h14-15,20,25-26H,2-13,16-19,21H2,1H3. The van der Waals surface area contributed by atoms with Crippen molar-refractivity contribution in [2.24, 2.45) is 0 Å². The summed E-state index contributed by atoms with van der Waals surface area (Å²) in [6.07, 6.45) is 13.6. The molecule has 0 aliphatic rings. The van der Waals surface area contributed by atoms with E-state index in [4.69, 9.17) is 19.3 Å². The van der Waals surface area contributed by atoms with E-state index in [0.29, 0.717) is 19.8 Å². The number of methoxy groups -OCH3 is 1. The van der Waals surface area contributed by atoms with Crippen LogP contribution in [0, 0.1) is 0 Å². The molecule has 0 radical (unpaired) electrons. The first-order valence-corrected chi connectivity index (χ1v) is 11.4. The molecule has 0 bridgehead atoms. The smallest absolute Gasteiger partial charge is 0.125 e. The quantitative estimate of drug-likeness (QED) is 0.287. The van der Waals surface area contributed by atoms with Gasteiger partial charge in [0.2, 0.25) is 0 Å². The zero-order chi connectivity index (χ0) is 21.0. The van der Waals surface area contributed by atoms with Crippen LogP contribution in [0.5, 0.6) is 11.5 Å². The van der Waals surface area contributed by atoms with E-state index < -0.39 is 0 Å². The van der Waals surface area contributed by atoms with Crippen LogP contribution >= 0.6 is 0 Å². The first-order chi connectivity index (χ1) is 14.3. The molecular formula is C24H42O5. The van der Waals surface area contributed by atoms with Crippen LogP contribution in [-0.2, 0) is 11.3 Å². The molecule has 29 heavy (non-hydrogen) atoms. The van der Waals surface area contributed by atoms with E-state index in [2.05, 4.69) is 0 Å². The number of unbranched alkanes of at least 4 members (excludes halogenated alkanes) is 10. The lowest BCUT2D eigenvalue weighted by molar-refractivity contribution is 0.191. The van der Waals surface area contributed by atoms with Crippen molar-refractivity contribution in [2.75, 3.05) is 33.5 Å². The van der Waals surface area contributed by atoms with Gasteiger partial charge in [0.1, 0.15) is 11.5 Å². The number of benzene rings is 1. The fourth-order valence-corrected chi connectivity index (χ4v) is 3.26. The van der Waals surface area contributed by atoms with Crippen LogP contribution in [0.2, 0.25) is 0 Å². The molecule has 0 unspecified atom stereocenters. The van der Waals surface area contributed by atoms with Gasteiger partial charge in [-0.05, 0) is 43.9 Å². The van der Waals surface area contributed by atoms with Crippen LogP contribution in [0.15, 0.2) is 18.2 Å². The van der Waals surface area contributed by atoms with Crippen LogP contribution < -0.4 is 9.47 Å². The fourth-order valence-electron chi connectivity index (χ4n) is 3.26. The van der Waals surface area contributed by atoms with E-state index in [1.807, 2.05) is 18.2 Å². The second-order valence-corrected chi connectivity index (χ2v) is 7.58. The Morgan fingerprint density at radius 2 is 1.21 bits per heavy atom. The van der Waals surface area contributed by atoms with Gasteiger partial charge in [-0.15, -0.1) is 0 Å². The van der Waals surface area contributed by atoms with Crippen molar-refractivity contribution in [3.05, 3.63) is 23.8 Å². The molecule has 0 heterocycles. The minimum absolute atomic E-state index is 0.0465. The summed E-state index contributed by atoms with van der Waals surface area (Å²) in [6, 6.07) is 5.71. The summed E-state index contributed by atoms with van der Waals surface area (Å²) < 4.78 is 16.7. The monoisotopic (exact) mass is 410 g/mol. The maximum atomic E-state index is 9.63. The largest absolute Gasteiger partial charge is 0.494 e. The number of hydrogen-bond acceptors (Lipinski definition) is 5. The van der Waals surface area contributed by atoms with E-state index in [-0.39, 0.29) is 6.61 Å². The summed E-state index contributed by atoms with van der Waals surface area (Å²) in [5.41, 5.74) is 0.781. The van der Waals surface area contributed by atoms with Gasteiger partial charge in [-0.2, -0.15) is 0 Å². The van der Waals surface area contributed by atoms with E-state index in [1.165, 1.54) is 38.5 Å². The average Bonchev–Trinajstić information content (AvgIpc) is 2.75. The fraction of sp³-hybridized carbons (Fsp3) is 0.750. The summed E-state index contributed by atoms with van der Waals surface area (Å²) in [7, 11) is 1.75. The van der Waals surface area contributed by atoms with E-state index in [0.717, 1.165) is 62.2 Å². The third-order valence-electron chi connectivity index (χ3n) is 5.02. The normalized spacial score (nSPS) is 11.0. The van der Waals surface area contributed by atoms with Gasteiger partial charge >= 0.3 is 0 Å². The van der Waals surface area contributed by atoms with Gasteiger partial charge in [0, 0.05) is 25.9 Å². The molecule has 0 saturated carbocycles. The lowest BCUT2D eigenvalue weighted by Crippen LogP contribution is -2.02. The topological polar surface area (TPSA) is 68.2 Å². The molecular weight excluding hydrogens is 368 g/mol. The predicted molar refractivity (Wildman–Crippen MR) is 118 cm³/mol. The Morgan fingerprint density at radius 3 is 1.79 bits per heavy atom. The minimum atomic E-state index is -0.0465. The van der Waals surface area contributed by atoms with Gasteiger partial charge in [0.15, 0.2) is 0 Å². The van der Waals surface area contributed by atoms with Crippen molar-refractivity contribution in [1.29, 1.82) is 0 Å². The molecule has 2 N–H and O–H groups in total. The Kier molecular flexibility index (Phi) is 16.6. The molecule has 0 saturated heterocycles. The van der Waals surface area contributed by atoms with Gasteiger partial charge in [0.05, 0.1) is 19.8 Å². The Hall–Kier alpha value is -1.30. The highest BCUT2D eigenvalue weighted by molar-refractivity contribution is 5.39. The van der Waals surface area contributed by atoms with Crippen molar-refractivity contribution in [2.45, 2.75) is 83.7 Å². The molecule has 0 amide bonds. The second-order valence-electron chi connectivity index (χ2n) is 7.58. The molecule has 1 rings (SSSR count). The van der Waals surface area contributed by atoms with Gasteiger partial charge in [-0.3, -0.25) is 0 Å².